The molecule has 1 amide bonds. The van der Waals surface area contributed by atoms with Crippen molar-refractivity contribution in [2.75, 3.05) is 27.9 Å². The van der Waals surface area contributed by atoms with Crippen molar-refractivity contribution in [3.8, 4) is 17.2 Å². The van der Waals surface area contributed by atoms with E-state index in [-0.39, 0.29) is 5.91 Å². The summed E-state index contributed by atoms with van der Waals surface area (Å²) in [6, 6.07) is 11.2. The highest BCUT2D eigenvalue weighted by Crippen LogP contribution is 2.25. The van der Waals surface area contributed by atoms with Gasteiger partial charge in [0, 0.05) is 37.7 Å². The first-order valence-electron chi connectivity index (χ1n) is 9.23. The monoisotopic (exact) mass is 395 g/mol. The van der Waals surface area contributed by atoms with Crippen molar-refractivity contribution in [1.29, 1.82) is 0 Å². The zero-order valence-electron chi connectivity index (χ0n) is 17.1. The zero-order valence-corrected chi connectivity index (χ0v) is 17.1. The summed E-state index contributed by atoms with van der Waals surface area (Å²) in [7, 11) is 6.79. The number of methoxy groups -OCH3 is 3. The van der Waals surface area contributed by atoms with Crippen LogP contribution in [-0.2, 0) is 18.3 Å². The second-order valence-corrected chi connectivity index (χ2v) is 6.42. The Morgan fingerprint density at radius 1 is 1.07 bits per heavy atom. The summed E-state index contributed by atoms with van der Waals surface area (Å²) >= 11 is 0. The second-order valence-electron chi connectivity index (χ2n) is 6.42. The topological polar surface area (TPSA) is 74.6 Å². The smallest absolute Gasteiger partial charge is 0.244 e. The zero-order chi connectivity index (χ0) is 20.8. The van der Waals surface area contributed by atoms with E-state index in [1.165, 1.54) is 6.08 Å². The van der Waals surface area contributed by atoms with Gasteiger partial charge in [-0.2, -0.15) is 0 Å². The lowest BCUT2D eigenvalue weighted by Gasteiger charge is -2.07. The van der Waals surface area contributed by atoms with E-state index in [1.807, 2.05) is 41.9 Å². The van der Waals surface area contributed by atoms with Crippen LogP contribution < -0.4 is 19.5 Å². The number of hydrogen-bond acceptors (Lipinski definition) is 5. The molecule has 0 aliphatic heterocycles. The molecule has 0 aliphatic rings. The molecule has 2 aromatic carbocycles. The molecule has 0 fully saturated rings. The van der Waals surface area contributed by atoms with Crippen molar-refractivity contribution < 1.29 is 19.0 Å². The van der Waals surface area contributed by atoms with E-state index in [4.69, 9.17) is 14.2 Å². The quantitative estimate of drug-likeness (QED) is 0.594. The first-order valence-corrected chi connectivity index (χ1v) is 9.23. The molecule has 0 saturated heterocycles. The highest BCUT2D eigenvalue weighted by Gasteiger charge is 2.09. The number of imidazole rings is 1. The SMILES string of the molecule is COc1ccc(OC)c(/C=C/C(=O)NCCc2nc3cc(OC)ccc3n2C)c1. The normalized spacial score (nSPS) is 11.0. The molecule has 0 unspecified atom stereocenters. The van der Waals surface area contributed by atoms with Gasteiger partial charge in [-0.3, -0.25) is 4.79 Å². The van der Waals surface area contributed by atoms with Crippen LogP contribution in [0.15, 0.2) is 42.5 Å². The van der Waals surface area contributed by atoms with Crippen LogP contribution in [0.4, 0.5) is 0 Å². The Morgan fingerprint density at radius 3 is 2.52 bits per heavy atom. The molecule has 7 nitrogen and oxygen atoms in total. The molecule has 1 aromatic heterocycles. The molecular formula is C22H25N3O4. The molecular weight excluding hydrogens is 370 g/mol. The molecule has 1 N–H and O–H groups in total. The fraction of sp³-hybridized carbons (Fsp3) is 0.273. The van der Waals surface area contributed by atoms with E-state index in [0.29, 0.717) is 24.5 Å². The summed E-state index contributed by atoms with van der Waals surface area (Å²) in [6.45, 7) is 0.479. The molecule has 7 heteroatoms. The minimum absolute atomic E-state index is 0.185. The Morgan fingerprint density at radius 2 is 1.79 bits per heavy atom. The first kappa shape index (κ1) is 20.3. The molecule has 1 heterocycles. The summed E-state index contributed by atoms with van der Waals surface area (Å²) in [4.78, 5) is 16.8. The third-order valence-corrected chi connectivity index (χ3v) is 4.68. The van der Waals surface area contributed by atoms with Gasteiger partial charge >= 0.3 is 0 Å². The van der Waals surface area contributed by atoms with Crippen LogP contribution in [0, 0.1) is 0 Å². The van der Waals surface area contributed by atoms with Gasteiger partial charge in [0.1, 0.15) is 23.1 Å². The highest BCUT2D eigenvalue weighted by molar-refractivity contribution is 5.92. The Balaban J connectivity index is 1.61. The van der Waals surface area contributed by atoms with Crippen molar-refractivity contribution in [3.05, 3.63) is 53.9 Å². The predicted octanol–water partition coefficient (Wildman–Crippen LogP) is 2.97. The Bertz CT molecular complexity index is 1040. The number of carbonyl (C=O) groups excluding carboxylic acids is 1. The van der Waals surface area contributed by atoms with Crippen molar-refractivity contribution in [2.24, 2.45) is 7.05 Å². The average Bonchev–Trinajstić information content (AvgIpc) is 3.06. The minimum atomic E-state index is -0.185. The fourth-order valence-electron chi connectivity index (χ4n) is 3.07. The number of ether oxygens (including phenoxy) is 3. The summed E-state index contributed by atoms with van der Waals surface area (Å²) in [5.41, 5.74) is 2.67. The van der Waals surface area contributed by atoms with Crippen LogP contribution in [0.5, 0.6) is 17.2 Å². The molecule has 29 heavy (non-hydrogen) atoms. The number of benzene rings is 2. The van der Waals surface area contributed by atoms with Gasteiger partial charge in [-0.1, -0.05) is 0 Å². The molecule has 0 atom stereocenters. The molecule has 0 spiro atoms. The van der Waals surface area contributed by atoms with E-state index < -0.39 is 0 Å². The summed E-state index contributed by atoms with van der Waals surface area (Å²) in [5.74, 6) is 2.85. The predicted molar refractivity (Wildman–Crippen MR) is 113 cm³/mol. The van der Waals surface area contributed by atoms with Gasteiger partial charge in [0.25, 0.3) is 0 Å². The Hall–Kier alpha value is -3.48. The fourth-order valence-corrected chi connectivity index (χ4v) is 3.07. The summed E-state index contributed by atoms with van der Waals surface area (Å²) in [5, 5.41) is 2.89. The number of rotatable bonds is 8. The number of amides is 1. The average molecular weight is 395 g/mol. The third-order valence-electron chi connectivity index (χ3n) is 4.68. The van der Waals surface area contributed by atoms with Crippen molar-refractivity contribution in [1.82, 2.24) is 14.9 Å². The number of nitrogens with zero attached hydrogens (tertiary/aromatic N) is 2. The number of hydrogen-bond donors (Lipinski definition) is 1. The van der Waals surface area contributed by atoms with Gasteiger partial charge in [-0.15, -0.1) is 0 Å². The summed E-state index contributed by atoms with van der Waals surface area (Å²) < 4.78 is 17.8. The largest absolute Gasteiger partial charge is 0.497 e. The maximum Gasteiger partial charge on any atom is 0.244 e. The molecule has 0 bridgehead atoms. The van der Waals surface area contributed by atoms with Crippen LogP contribution in [0.1, 0.15) is 11.4 Å². The number of fused-ring (bicyclic) bond motifs is 1. The number of carbonyl (C=O) groups is 1. The van der Waals surface area contributed by atoms with E-state index in [1.54, 1.807) is 33.5 Å². The molecule has 152 valence electrons. The van der Waals surface area contributed by atoms with E-state index in [2.05, 4.69) is 10.3 Å². The van der Waals surface area contributed by atoms with Crippen LogP contribution in [0.25, 0.3) is 17.1 Å². The van der Waals surface area contributed by atoms with Gasteiger partial charge in [0.05, 0.1) is 32.4 Å². The molecule has 0 saturated carbocycles. The molecule has 0 radical (unpaired) electrons. The second kappa shape index (κ2) is 9.14. The Kier molecular flexibility index (Phi) is 6.39. The van der Waals surface area contributed by atoms with Crippen LogP contribution in [0.3, 0.4) is 0 Å². The van der Waals surface area contributed by atoms with Gasteiger partial charge in [-0.05, 0) is 36.4 Å². The lowest BCUT2D eigenvalue weighted by Crippen LogP contribution is -2.24. The van der Waals surface area contributed by atoms with Crippen LogP contribution in [0.2, 0.25) is 0 Å². The van der Waals surface area contributed by atoms with Crippen molar-refractivity contribution in [3.63, 3.8) is 0 Å². The van der Waals surface area contributed by atoms with E-state index >= 15 is 0 Å². The van der Waals surface area contributed by atoms with Crippen LogP contribution >= 0.6 is 0 Å². The third kappa shape index (κ3) is 4.68. The first-order chi connectivity index (χ1) is 14.0. The van der Waals surface area contributed by atoms with Gasteiger partial charge in [0.15, 0.2) is 0 Å². The van der Waals surface area contributed by atoms with Crippen LogP contribution in [-0.4, -0.2) is 43.3 Å². The molecule has 0 aliphatic carbocycles. The minimum Gasteiger partial charge on any atom is -0.497 e. The number of aromatic nitrogens is 2. The van der Waals surface area contributed by atoms with Crippen molar-refractivity contribution in [2.45, 2.75) is 6.42 Å². The highest BCUT2D eigenvalue weighted by atomic mass is 16.5. The maximum absolute atomic E-state index is 12.2. The van der Waals surface area contributed by atoms with Gasteiger partial charge in [-0.25, -0.2) is 4.98 Å². The lowest BCUT2D eigenvalue weighted by atomic mass is 10.1. The maximum atomic E-state index is 12.2. The van der Waals surface area contributed by atoms with E-state index in [9.17, 15) is 4.79 Å². The number of nitrogens with one attached hydrogen (secondary N) is 1. The molecule has 3 aromatic rings. The Labute approximate surface area is 169 Å². The lowest BCUT2D eigenvalue weighted by molar-refractivity contribution is -0.116. The van der Waals surface area contributed by atoms with Gasteiger partial charge < -0.3 is 24.1 Å². The number of aryl methyl sites for hydroxylation is 1. The summed E-state index contributed by atoms with van der Waals surface area (Å²) in [6.07, 6.45) is 3.81. The van der Waals surface area contributed by atoms with Gasteiger partial charge in [0.2, 0.25) is 5.91 Å². The molecule has 3 rings (SSSR count). The standard InChI is InChI=1S/C22H25N3O4/c1-25-19-8-6-17(28-3)14-18(19)24-21(25)11-12-23-22(26)10-5-15-13-16(27-2)7-9-20(15)29-4/h5-10,13-14H,11-12H2,1-4H3,(H,23,26)/b10-5+. The van der Waals surface area contributed by atoms with E-state index in [0.717, 1.165) is 28.2 Å². The van der Waals surface area contributed by atoms with Crippen molar-refractivity contribution >= 4 is 23.0 Å².